The predicted octanol–water partition coefficient (Wildman–Crippen LogP) is 2.01. The summed E-state index contributed by atoms with van der Waals surface area (Å²) in [5.41, 5.74) is 1.75. The second-order valence-electron chi connectivity index (χ2n) is 9.49. The Morgan fingerprint density at radius 3 is 2.59 bits per heavy atom. The standard InChI is InChI=1S/C26H36FN5O6S/c1-28-39(35,36)30-22-9-6-8-17(24(22)27)14-20-21(16-29-12-7-13-31(2)3)19-11-10-18(37-26(34)32(4)5)15-23(19)38-25(20)33/h6,8-11,15,25,28-30,33H,7,12-14,16H2,1-5H3. The molecular weight excluding hydrogens is 529 g/mol. The molecule has 214 valence electrons. The molecule has 4 N–H and O–H groups in total. The minimum atomic E-state index is -3.93. The molecule has 3 rings (SSSR count). The number of anilines is 1. The number of aliphatic hydroxyl groups excluding tert-OH is 1. The molecule has 1 heterocycles. The first-order chi connectivity index (χ1) is 18.4. The molecule has 0 radical (unpaired) electrons. The van der Waals surface area contributed by atoms with Gasteiger partial charge in [-0.3, -0.25) is 4.72 Å². The molecule has 0 aromatic heterocycles. The SMILES string of the molecule is CNS(=O)(=O)Nc1cccc(CC2=C(CNCCCN(C)C)c3ccc(OC(=O)N(C)C)cc3OC2O)c1F. The number of nitrogens with one attached hydrogen (secondary N) is 3. The van der Waals surface area contributed by atoms with Crippen molar-refractivity contribution in [3.63, 3.8) is 0 Å². The Bertz CT molecular complexity index is 1320. The van der Waals surface area contributed by atoms with E-state index in [4.69, 9.17) is 9.47 Å². The van der Waals surface area contributed by atoms with E-state index in [9.17, 15) is 18.3 Å². The molecule has 39 heavy (non-hydrogen) atoms. The average Bonchev–Trinajstić information content (AvgIpc) is 2.87. The van der Waals surface area contributed by atoms with Gasteiger partial charge in [-0.05, 0) is 62.9 Å². The van der Waals surface area contributed by atoms with Crippen molar-refractivity contribution in [2.75, 3.05) is 59.6 Å². The molecule has 0 spiro atoms. The summed E-state index contributed by atoms with van der Waals surface area (Å²) in [7, 11) is 4.40. The fourth-order valence-corrected chi connectivity index (χ4v) is 4.50. The maximum atomic E-state index is 15.3. The van der Waals surface area contributed by atoms with Crippen molar-refractivity contribution < 1.29 is 32.2 Å². The number of aliphatic hydroxyl groups is 1. The van der Waals surface area contributed by atoms with E-state index in [1.54, 1.807) is 26.2 Å². The van der Waals surface area contributed by atoms with Crippen molar-refractivity contribution in [1.29, 1.82) is 0 Å². The van der Waals surface area contributed by atoms with Gasteiger partial charge in [0.05, 0.1) is 5.69 Å². The molecule has 1 unspecified atom stereocenters. The molecule has 2 aromatic rings. The van der Waals surface area contributed by atoms with E-state index in [2.05, 4.69) is 19.7 Å². The summed E-state index contributed by atoms with van der Waals surface area (Å²) in [6, 6.07) is 9.24. The van der Waals surface area contributed by atoms with Gasteiger partial charge in [0.15, 0.2) is 5.82 Å². The lowest BCUT2D eigenvalue weighted by atomic mass is 9.91. The van der Waals surface area contributed by atoms with Crippen LogP contribution in [0.4, 0.5) is 14.9 Å². The molecule has 1 amide bonds. The van der Waals surface area contributed by atoms with Crippen LogP contribution in [0.25, 0.3) is 5.57 Å². The van der Waals surface area contributed by atoms with Gasteiger partial charge in [0.1, 0.15) is 11.5 Å². The molecule has 0 saturated carbocycles. The second kappa shape index (κ2) is 13.2. The predicted molar refractivity (Wildman–Crippen MR) is 147 cm³/mol. The normalized spacial score (nSPS) is 15.1. The number of rotatable bonds is 12. The van der Waals surface area contributed by atoms with E-state index in [0.717, 1.165) is 13.0 Å². The zero-order valence-corrected chi connectivity index (χ0v) is 23.6. The summed E-state index contributed by atoms with van der Waals surface area (Å²) in [4.78, 5) is 15.4. The van der Waals surface area contributed by atoms with Crippen LogP contribution < -0.4 is 24.2 Å². The third kappa shape index (κ3) is 8.13. The molecule has 1 aliphatic rings. The van der Waals surface area contributed by atoms with Crippen LogP contribution >= 0.6 is 0 Å². The fourth-order valence-electron chi connectivity index (χ4n) is 3.95. The Balaban J connectivity index is 1.97. The highest BCUT2D eigenvalue weighted by atomic mass is 32.2. The van der Waals surface area contributed by atoms with Gasteiger partial charge in [0, 0.05) is 51.3 Å². The Hall–Kier alpha value is -3.23. The Morgan fingerprint density at radius 1 is 1.18 bits per heavy atom. The van der Waals surface area contributed by atoms with Gasteiger partial charge in [0.25, 0.3) is 10.2 Å². The lowest BCUT2D eigenvalue weighted by Gasteiger charge is -2.29. The van der Waals surface area contributed by atoms with Crippen LogP contribution in [-0.2, 0) is 16.6 Å². The number of ether oxygens (including phenoxy) is 2. The van der Waals surface area contributed by atoms with Crippen molar-refractivity contribution >= 4 is 27.6 Å². The number of benzene rings is 2. The highest BCUT2D eigenvalue weighted by Crippen LogP contribution is 2.39. The fraction of sp³-hybridized carbons (Fsp3) is 0.423. The first kappa shape index (κ1) is 30.3. The molecule has 0 saturated heterocycles. The quantitative estimate of drug-likeness (QED) is 0.288. The monoisotopic (exact) mass is 565 g/mol. The van der Waals surface area contributed by atoms with Crippen LogP contribution in [0.2, 0.25) is 0 Å². The zero-order valence-electron chi connectivity index (χ0n) is 22.7. The van der Waals surface area contributed by atoms with Crippen molar-refractivity contribution in [1.82, 2.24) is 19.8 Å². The third-order valence-corrected chi connectivity index (χ3v) is 7.03. The number of hydrogen-bond donors (Lipinski definition) is 4. The number of carbonyl (C=O) groups is 1. The van der Waals surface area contributed by atoms with Crippen molar-refractivity contribution in [3.8, 4) is 11.5 Å². The van der Waals surface area contributed by atoms with Crippen LogP contribution in [0.1, 0.15) is 17.5 Å². The minimum Gasteiger partial charge on any atom is -0.460 e. The van der Waals surface area contributed by atoms with Crippen LogP contribution in [0, 0.1) is 5.82 Å². The second-order valence-corrected chi connectivity index (χ2v) is 11.1. The summed E-state index contributed by atoms with van der Waals surface area (Å²) in [5.74, 6) is -0.195. The number of fused-ring (bicyclic) bond motifs is 1. The van der Waals surface area contributed by atoms with Gasteiger partial charge in [-0.15, -0.1) is 0 Å². The third-order valence-electron chi connectivity index (χ3n) is 6.01. The van der Waals surface area contributed by atoms with E-state index in [1.807, 2.05) is 14.1 Å². The highest BCUT2D eigenvalue weighted by molar-refractivity contribution is 7.90. The Kier molecular flexibility index (Phi) is 10.3. The summed E-state index contributed by atoms with van der Waals surface area (Å²) >= 11 is 0. The molecule has 1 aliphatic heterocycles. The minimum absolute atomic E-state index is 0.0341. The molecule has 2 aromatic carbocycles. The van der Waals surface area contributed by atoms with Crippen LogP contribution in [0.3, 0.4) is 0 Å². The van der Waals surface area contributed by atoms with Gasteiger partial charge < -0.3 is 29.7 Å². The Labute approximate surface area is 228 Å². The number of amides is 1. The van der Waals surface area contributed by atoms with Gasteiger partial charge in [-0.1, -0.05) is 12.1 Å². The molecule has 0 bridgehead atoms. The molecular formula is C26H36FN5O6S. The summed E-state index contributed by atoms with van der Waals surface area (Å²) < 4.78 is 54.5. The smallest absolute Gasteiger partial charge is 0.414 e. The van der Waals surface area contributed by atoms with E-state index in [-0.39, 0.29) is 23.4 Å². The van der Waals surface area contributed by atoms with E-state index in [1.165, 1.54) is 36.2 Å². The lowest BCUT2D eigenvalue weighted by molar-refractivity contribution is 0.0101. The van der Waals surface area contributed by atoms with Crippen LogP contribution in [0.15, 0.2) is 42.0 Å². The van der Waals surface area contributed by atoms with Crippen LogP contribution in [0.5, 0.6) is 11.5 Å². The van der Waals surface area contributed by atoms with Crippen molar-refractivity contribution in [2.45, 2.75) is 19.1 Å². The average molecular weight is 566 g/mol. The first-order valence-corrected chi connectivity index (χ1v) is 13.8. The largest absolute Gasteiger partial charge is 0.460 e. The maximum Gasteiger partial charge on any atom is 0.414 e. The number of hydrogen-bond acceptors (Lipinski definition) is 8. The first-order valence-electron chi connectivity index (χ1n) is 12.4. The van der Waals surface area contributed by atoms with Gasteiger partial charge >= 0.3 is 6.09 Å². The lowest BCUT2D eigenvalue weighted by Crippen LogP contribution is -2.30. The topological polar surface area (TPSA) is 132 Å². The molecule has 0 aliphatic carbocycles. The zero-order chi connectivity index (χ0) is 28.7. The van der Waals surface area contributed by atoms with E-state index in [0.29, 0.717) is 35.5 Å². The van der Waals surface area contributed by atoms with Crippen molar-refractivity contribution in [3.05, 3.63) is 58.9 Å². The van der Waals surface area contributed by atoms with E-state index < -0.39 is 28.4 Å². The Morgan fingerprint density at radius 2 is 1.92 bits per heavy atom. The summed E-state index contributed by atoms with van der Waals surface area (Å²) in [5, 5.41) is 14.4. The summed E-state index contributed by atoms with van der Waals surface area (Å²) in [6.45, 7) is 1.96. The maximum absolute atomic E-state index is 15.3. The molecule has 11 nitrogen and oxygen atoms in total. The number of nitrogens with zero attached hydrogens (tertiary/aromatic N) is 2. The van der Waals surface area contributed by atoms with Gasteiger partial charge in [0.2, 0.25) is 6.29 Å². The molecule has 0 fully saturated rings. The number of carbonyl (C=O) groups excluding carboxylic acids is 1. The van der Waals surface area contributed by atoms with Gasteiger partial charge in [-0.2, -0.15) is 8.42 Å². The summed E-state index contributed by atoms with van der Waals surface area (Å²) in [6.07, 6.45) is -1.11. The van der Waals surface area contributed by atoms with Crippen molar-refractivity contribution in [2.24, 2.45) is 0 Å². The number of halogens is 1. The molecule has 1 atom stereocenters. The van der Waals surface area contributed by atoms with Crippen LogP contribution in [-0.4, -0.2) is 90.6 Å². The highest BCUT2D eigenvalue weighted by Gasteiger charge is 2.29. The molecule has 13 heteroatoms. The van der Waals surface area contributed by atoms with E-state index >= 15 is 4.39 Å². The van der Waals surface area contributed by atoms with Gasteiger partial charge in [-0.25, -0.2) is 13.9 Å².